The second kappa shape index (κ2) is 6.29. The number of methoxy groups -OCH3 is 1. The van der Waals surface area contributed by atoms with Crippen LogP contribution in [0.5, 0.6) is 5.75 Å². The van der Waals surface area contributed by atoms with Crippen molar-refractivity contribution in [3.05, 3.63) is 53.6 Å². The minimum atomic E-state index is -0.173. The number of hydrogen-bond donors (Lipinski definition) is 1. The van der Waals surface area contributed by atoms with Gasteiger partial charge in [-0.05, 0) is 31.2 Å². The average Bonchev–Trinajstić information content (AvgIpc) is 2.53. The molecule has 0 aliphatic heterocycles. The summed E-state index contributed by atoms with van der Waals surface area (Å²) in [7, 11) is 3.56. The molecule has 0 aliphatic carbocycles. The molecule has 4 heteroatoms. The first-order chi connectivity index (χ1) is 10.1. The molecule has 0 spiro atoms. The van der Waals surface area contributed by atoms with Gasteiger partial charge in [0.2, 0.25) is 0 Å². The standard InChI is InChI=1S/C17H19N3O/c1-12(19)17-15(9-6-10-16(17)21-3)20(2)14-8-5-4-7-13(14)11-18/h4-10,12H,19H2,1-3H3. The molecule has 1 unspecified atom stereocenters. The summed E-state index contributed by atoms with van der Waals surface area (Å²) < 4.78 is 5.42. The molecule has 21 heavy (non-hydrogen) atoms. The molecule has 0 heterocycles. The van der Waals surface area contributed by atoms with E-state index >= 15 is 0 Å². The van der Waals surface area contributed by atoms with Crippen LogP contribution in [0, 0.1) is 11.3 Å². The molecule has 0 radical (unpaired) electrons. The SMILES string of the molecule is COc1cccc(N(C)c2ccccc2C#N)c1C(C)N. The number of nitriles is 1. The van der Waals surface area contributed by atoms with E-state index in [0.29, 0.717) is 5.56 Å². The molecule has 4 nitrogen and oxygen atoms in total. The first-order valence-corrected chi connectivity index (χ1v) is 6.75. The van der Waals surface area contributed by atoms with Crippen molar-refractivity contribution in [1.29, 1.82) is 5.26 Å². The van der Waals surface area contributed by atoms with Crippen LogP contribution in [-0.4, -0.2) is 14.2 Å². The topological polar surface area (TPSA) is 62.3 Å². The number of hydrogen-bond acceptors (Lipinski definition) is 4. The summed E-state index contributed by atoms with van der Waals surface area (Å²) in [4.78, 5) is 1.97. The number of para-hydroxylation sites is 1. The molecule has 0 amide bonds. The zero-order valence-corrected chi connectivity index (χ0v) is 12.5. The Bertz CT molecular complexity index is 674. The Balaban J connectivity index is 2.59. The van der Waals surface area contributed by atoms with Crippen LogP contribution in [0.15, 0.2) is 42.5 Å². The van der Waals surface area contributed by atoms with Crippen molar-refractivity contribution in [3.8, 4) is 11.8 Å². The smallest absolute Gasteiger partial charge is 0.125 e. The first kappa shape index (κ1) is 14.9. The highest BCUT2D eigenvalue weighted by Crippen LogP contribution is 2.37. The molecular formula is C17H19N3O. The minimum Gasteiger partial charge on any atom is -0.496 e. The van der Waals surface area contributed by atoms with Crippen LogP contribution in [0.4, 0.5) is 11.4 Å². The summed E-state index contributed by atoms with van der Waals surface area (Å²) >= 11 is 0. The second-order valence-corrected chi connectivity index (χ2v) is 4.87. The Hall–Kier alpha value is -2.51. The van der Waals surface area contributed by atoms with Gasteiger partial charge in [-0.2, -0.15) is 5.26 Å². The predicted octanol–water partition coefficient (Wildman–Crippen LogP) is 3.35. The average molecular weight is 281 g/mol. The van der Waals surface area contributed by atoms with E-state index in [4.69, 9.17) is 10.5 Å². The lowest BCUT2D eigenvalue weighted by atomic mass is 10.0. The van der Waals surface area contributed by atoms with Gasteiger partial charge >= 0.3 is 0 Å². The van der Waals surface area contributed by atoms with Crippen molar-refractivity contribution in [2.45, 2.75) is 13.0 Å². The Kier molecular flexibility index (Phi) is 4.46. The van der Waals surface area contributed by atoms with Crippen molar-refractivity contribution >= 4 is 11.4 Å². The van der Waals surface area contributed by atoms with Crippen LogP contribution >= 0.6 is 0 Å². The second-order valence-electron chi connectivity index (χ2n) is 4.87. The number of nitrogens with zero attached hydrogens (tertiary/aromatic N) is 2. The van der Waals surface area contributed by atoms with Crippen LogP contribution in [0.1, 0.15) is 24.1 Å². The third-order valence-corrected chi connectivity index (χ3v) is 3.47. The molecule has 0 aliphatic rings. The fraction of sp³-hybridized carbons (Fsp3) is 0.235. The monoisotopic (exact) mass is 281 g/mol. The molecule has 108 valence electrons. The van der Waals surface area contributed by atoms with Gasteiger partial charge in [-0.1, -0.05) is 18.2 Å². The van der Waals surface area contributed by atoms with Gasteiger partial charge in [0, 0.05) is 24.3 Å². The van der Waals surface area contributed by atoms with Gasteiger partial charge in [-0.15, -0.1) is 0 Å². The van der Waals surface area contributed by atoms with Crippen molar-refractivity contribution in [3.63, 3.8) is 0 Å². The summed E-state index contributed by atoms with van der Waals surface area (Å²) in [5, 5.41) is 9.27. The van der Waals surface area contributed by atoms with Gasteiger partial charge in [0.05, 0.1) is 18.4 Å². The summed E-state index contributed by atoms with van der Waals surface area (Å²) in [6, 6.07) is 15.3. The van der Waals surface area contributed by atoms with Crippen molar-refractivity contribution in [1.82, 2.24) is 0 Å². The van der Waals surface area contributed by atoms with Crippen molar-refractivity contribution in [2.24, 2.45) is 5.73 Å². The van der Waals surface area contributed by atoms with Gasteiger partial charge in [-0.3, -0.25) is 0 Å². The van der Waals surface area contributed by atoms with Gasteiger partial charge < -0.3 is 15.4 Å². The molecule has 0 saturated carbocycles. The maximum absolute atomic E-state index is 9.27. The van der Waals surface area contributed by atoms with E-state index in [0.717, 1.165) is 22.7 Å². The van der Waals surface area contributed by atoms with E-state index in [1.165, 1.54) is 0 Å². The van der Waals surface area contributed by atoms with E-state index in [9.17, 15) is 5.26 Å². The first-order valence-electron chi connectivity index (χ1n) is 6.75. The van der Waals surface area contributed by atoms with Crippen LogP contribution in [0.3, 0.4) is 0 Å². The molecule has 2 rings (SSSR count). The van der Waals surface area contributed by atoms with Crippen LogP contribution < -0.4 is 15.4 Å². The molecule has 0 saturated heterocycles. The molecule has 0 fully saturated rings. The molecule has 0 bridgehead atoms. The van der Waals surface area contributed by atoms with Crippen molar-refractivity contribution in [2.75, 3.05) is 19.1 Å². The number of ether oxygens (including phenoxy) is 1. The number of benzene rings is 2. The number of anilines is 2. The lowest BCUT2D eigenvalue weighted by molar-refractivity contribution is 0.407. The quantitative estimate of drug-likeness (QED) is 0.933. The Morgan fingerprint density at radius 1 is 1.14 bits per heavy atom. The van der Waals surface area contributed by atoms with E-state index < -0.39 is 0 Å². The highest BCUT2D eigenvalue weighted by atomic mass is 16.5. The lowest BCUT2D eigenvalue weighted by Crippen LogP contribution is -2.17. The fourth-order valence-corrected chi connectivity index (χ4v) is 2.45. The predicted molar refractivity (Wildman–Crippen MR) is 84.8 cm³/mol. The zero-order valence-electron chi connectivity index (χ0n) is 12.5. The minimum absolute atomic E-state index is 0.173. The molecular weight excluding hydrogens is 262 g/mol. The van der Waals surface area contributed by atoms with Crippen LogP contribution in [-0.2, 0) is 0 Å². The van der Waals surface area contributed by atoms with Gasteiger partial charge in [-0.25, -0.2) is 0 Å². The van der Waals surface area contributed by atoms with Gasteiger partial charge in [0.1, 0.15) is 11.8 Å². The number of nitrogens with two attached hydrogens (primary N) is 1. The van der Waals surface area contributed by atoms with E-state index in [1.54, 1.807) is 13.2 Å². The van der Waals surface area contributed by atoms with Crippen molar-refractivity contribution < 1.29 is 4.74 Å². The van der Waals surface area contributed by atoms with Crippen LogP contribution in [0.2, 0.25) is 0 Å². The molecule has 1 atom stereocenters. The van der Waals surface area contributed by atoms with Gasteiger partial charge in [0.25, 0.3) is 0 Å². The highest BCUT2D eigenvalue weighted by Gasteiger charge is 2.18. The van der Waals surface area contributed by atoms with Gasteiger partial charge in [0.15, 0.2) is 0 Å². The van der Waals surface area contributed by atoms with E-state index in [1.807, 2.05) is 55.3 Å². The van der Waals surface area contributed by atoms with Crippen LogP contribution in [0.25, 0.3) is 0 Å². The highest BCUT2D eigenvalue weighted by molar-refractivity contribution is 5.73. The summed E-state index contributed by atoms with van der Waals surface area (Å²) in [6.07, 6.45) is 0. The Morgan fingerprint density at radius 3 is 2.43 bits per heavy atom. The fourth-order valence-electron chi connectivity index (χ4n) is 2.45. The summed E-state index contributed by atoms with van der Waals surface area (Å²) in [6.45, 7) is 1.92. The molecule has 0 aromatic heterocycles. The molecule has 2 aromatic rings. The maximum Gasteiger partial charge on any atom is 0.125 e. The molecule has 2 aromatic carbocycles. The normalized spacial score (nSPS) is 11.6. The third kappa shape index (κ3) is 2.83. The molecule has 2 N–H and O–H groups in total. The Labute approximate surface area is 125 Å². The Morgan fingerprint density at radius 2 is 1.81 bits per heavy atom. The number of rotatable bonds is 4. The maximum atomic E-state index is 9.27. The van der Waals surface area contributed by atoms with E-state index in [-0.39, 0.29) is 6.04 Å². The zero-order chi connectivity index (χ0) is 15.4. The third-order valence-electron chi connectivity index (χ3n) is 3.47. The summed E-state index contributed by atoms with van der Waals surface area (Å²) in [5.41, 5.74) is 9.44. The largest absolute Gasteiger partial charge is 0.496 e. The summed E-state index contributed by atoms with van der Waals surface area (Å²) in [5.74, 6) is 0.754. The van der Waals surface area contributed by atoms with E-state index in [2.05, 4.69) is 6.07 Å². The lowest BCUT2D eigenvalue weighted by Gasteiger charge is -2.26.